The number of methoxy groups -OCH3 is 1. The quantitative estimate of drug-likeness (QED) is 0.407. The molecule has 0 aliphatic rings. The van der Waals surface area contributed by atoms with Gasteiger partial charge in [0.05, 0.1) is 7.11 Å². The Morgan fingerprint density at radius 1 is 1.08 bits per heavy atom. The van der Waals surface area contributed by atoms with Gasteiger partial charge in [0.2, 0.25) is 0 Å². The van der Waals surface area contributed by atoms with Gasteiger partial charge in [-0.25, -0.2) is 4.79 Å². The summed E-state index contributed by atoms with van der Waals surface area (Å²) in [6.07, 6.45) is 0.678. The maximum Gasteiger partial charge on any atom is 0.366 e. The molecule has 0 amide bonds. The molecule has 0 spiro atoms. The highest BCUT2D eigenvalue weighted by molar-refractivity contribution is 5.90. The molecular formula is C18H13NO5. The van der Waals surface area contributed by atoms with Crippen molar-refractivity contribution in [1.29, 1.82) is 0 Å². The lowest BCUT2D eigenvalue weighted by atomic mass is 10.2. The Morgan fingerprint density at radius 3 is 2.58 bits per heavy atom. The van der Waals surface area contributed by atoms with Gasteiger partial charge in [-0.3, -0.25) is 4.79 Å². The van der Waals surface area contributed by atoms with Crippen molar-refractivity contribution < 1.29 is 23.6 Å². The number of nitrogens with zero attached hydrogens (tertiary/aromatic N) is 1. The van der Waals surface area contributed by atoms with Crippen LogP contribution in [-0.4, -0.2) is 24.5 Å². The number of hydrogen-bond acceptors (Lipinski definition) is 6. The minimum absolute atomic E-state index is 0.0374. The summed E-state index contributed by atoms with van der Waals surface area (Å²) in [6.45, 7) is 0. The summed E-state index contributed by atoms with van der Waals surface area (Å²) in [4.78, 5) is 23.0. The minimum atomic E-state index is -0.682. The maximum atomic E-state index is 12.2. The zero-order valence-electron chi connectivity index (χ0n) is 12.8. The van der Waals surface area contributed by atoms with Crippen LogP contribution in [-0.2, 0) is 0 Å². The molecule has 3 rings (SSSR count). The van der Waals surface area contributed by atoms with Gasteiger partial charge in [-0.2, -0.15) is 0 Å². The van der Waals surface area contributed by atoms with E-state index in [1.165, 1.54) is 31.4 Å². The number of benzene rings is 2. The van der Waals surface area contributed by atoms with E-state index in [4.69, 9.17) is 14.0 Å². The van der Waals surface area contributed by atoms with Crippen molar-refractivity contribution in [3.05, 3.63) is 65.9 Å². The third-order valence-electron chi connectivity index (χ3n) is 3.30. The van der Waals surface area contributed by atoms with Crippen LogP contribution in [0.4, 0.5) is 0 Å². The van der Waals surface area contributed by atoms with E-state index in [-0.39, 0.29) is 17.2 Å². The second-order valence-electron chi connectivity index (χ2n) is 4.86. The molecule has 0 N–H and O–H groups in total. The first-order valence-corrected chi connectivity index (χ1v) is 7.09. The third kappa shape index (κ3) is 3.17. The summed E-state index contributed by atoms with van der Waals surface area (Å²) in [5.41, 5.74) is 1.26. The maximum absolute atomic E-state index is 12.2. The molecule has 2 aromatic carbocycles. The molecule has 0 saturated heterocycles. The number of carbonyl (C=O) groups is 2. The standard InChI is InChI=1S/C18H13NO5/c1-22-17-9-12(11-20)7-8-15(17)23-18(21)14-10-16(24-19-14)13-5-3-2-4-6-13/h2-11H,1H3. The fourth-order valence-electron chi connectivity index (χ4n) is 2.10. The van der Waals surface area contributed by atoms with Gasteiger partial charge >= 0.3 is 5.97 Å². The summed E-state index contributed by atoms with van der Waals surface area (Å²) in [7, 11) is 1.42. The summed E-state index contributed by atoms with van der Waals surface area (Å²) in [5.74, 6) is 0.251. The van der Waals surface area contributed by atoms with Crippen LogP contribution in [0.1, 0.15) is 20.8 Å². The molecule has 0 bridgehead atoms. The molecule has 3 aromatic rings. The van der Waals surface area contributed by atoms with Crippen molar-refractivity contribution in [2.24, 2.45) is 0 Å². The lowest BCUT2D eigenvalue weighted by Crippen LogP contribution is -2.09. The van der Waals surface area contributed by atoms with Crippen molar-refractivity contribution in [1.82, 2.24) is 5.16 Å². The van der Waals surface area contributed by atoms with Crippen LogP contribution < -0.4 is 9.47 Å². The monoisotopic (exact) mass is 323 g/mol. The van der Waals surface area contributed by atoms with E-state index >= 15 is 0 Å². The Morgan fingerprint density at radius 2 is 1.88 bits per heavy atom. The first-order valence-electron chi connectivity index (χ1n) is 7.09. The van der Waals surface area contributed by atoms with E-state index < -0.39 is 5.97 Å². The van der Waals surface area contributed by atoms with Crippen LogP contribution in [0.3, 0.4) is 0 Å². The van der Waals surface area contributed by atoms with Crippen LogP contribution in [0.2, 0.25) is 0 Å². The van der Waals surface area contributed by atoms with Gasteiger partial charge in [-0.15, -0.1) is 0 Å². The number of ether oxygens (including phenoxy) is 2. The predicted octanol–water partition coefficient (Wildman–Crippen LogP) is 3.38. The van der Waals surface area contributed by atoms with Crippen LogP contribution in [0.25, 0.3) is 11.3 Å². The van der Waals surface area contributed by atoms with Gasteiger partial charge in [0.1, 0.15) is 6.29 Å². The fraction of sp³-hybridized carbons (Fsp3) is 0.0556. The topological polar surface area (TPSA) is 78.6 Å². The molecule has 0 saturated carbocycles. The molecule has 120 valence electrons. The number of carbonyl (C=O) groups excluding carboxylic acids is 2. The van der Waals surface area contributed by atoms with Crippen molar-refractivity contribution in [2.75, 3.05) is 7.11 Å². The van der Waals surface area contributed by atoms with E-state index in [9.17, 15) is 9.59 Å². The Labute approximate surface area is 137 Å². The summed E-state index contributed by atoms with van der Waals surface area (Å²) >= 11 is 0. The van der Waals surface area contributed by atoms with Gasteiger partial charge in [0, 0.05) is 17.2 Å². The SMILES string of the molecule is COc1cc(C=O)ccc1OC(=O)c1cc(-c2ccccc2)on1. The van der Waals surface area contributed by atoms with Crippen molar-refractivity contribution >= 4 is 12.3 Å². The van der Waals surface area contributed by atoms with E-state index in [0.29, 0.717) is 17.6 Å². The first-order chi connectivity index (χ1) is 11.7. The second-order valence-corrected chi connectivity index (χ2v) is 4.86. The average Bonchev–Trinajstić information content (AvgIpc) is 3.13. The van der Waals surface area contributed by atoms with Gasteiger partial charge in [-0.1, -0.05) is 35.5 Å². The predicted molar refractivity (Wildman–Crippen MR) is 85.3 cm³/mol. The van der Waals surface area contributed by atoms with Crippen LogP contribution in [0.5, 0.6) is 11.5 Å². The molecule has 0 radical (unpaired) electrons. The van der Waals surface area contributed by atoms with Gasteiger partial charge in [0.15, 0.2) is 23.0 Å². The smallest absolute Gasteiger partial charge is 0.366 e. The van der Waals surface area contributed by atoms with E-state index in [2.05, 4.69) is 5.16 Å². The molecule has 6 nitrogen and oxygen atoms in total. The first kappa shape index (κ1) is 15.5. The molecule has 1 heterocycles. The Kier molecular flexibility index (Phi) is 4.38. The third-order valence-corrected chi connectivity index (χ3v) is 3.30. The highest BCUT2D eigenvalue weighted by Crippen LogP contribution is 2.28. The van der Waals surface area contributed by atoms with Crippen molar-refractivity contribution in [3.63, 3.8) is 0 Å². The molecule has 1 aromatic heterocycles. The number of hydrogen-bond donors (Lipinski definition) is 0. The van der Waals surface area contributed by atoms with Crippen LogP contribution >= 0.6 is 0 Å². The largest absolute Gasteiger partial charge is 0.493 e. The molecule has 0 unspecified atom stereocenters. The lowest BCUT2D eigenvalue weighted by molar-refractivity contribution is 0.0719. The van der Waals surface area contributed by atoms with Crippen molar-refractivity contribution in [2.45, 2.75) is 0 Å². The van der Waals surface area contributed by atoms with E-state index in [1.54, 1.807) is 0 Å². The lowest BCUT2D eigenvalue weighted by Gasteiger charge is -2.08. The Hall–Kier alpha value is -3.41. The average molecular weight is 323 g/mol. The Bertz CT molecular complexity index is 870. The van der Waals surface area contributed by atoms with E-state index in [1.807, 2.05) is 30.3 Å². The number of aldehydes is 1. The fourth-order valence-corrected chi connectivity index (χ4v) is 2.10. The zero-order chi connectivity index (χ0) is 16.9. The number of rotatable bonds is 5. The second kappa shape index (κ2) is 6.78. The molecule has 24 heavy (non-hydrogen) atoms. The zero-order valence-corrected chi connectivity index (χ0v) is 12.8. The van der Waals surface area contributed by atoms with Gasteiger partial charge in [0.25, 0.3) is 0 Å². The number of esters is 1. The molecule has 0 atom stereocenters. The highest BCUT2D eigenvalue weighted by atomic mass is 16.6. The Balaban J connectivity index is 1.81. The van der Waals surface area contributed by atoms with Gasteiger partial charge < -0.3 is 14.0 Å². The van der Waals surface area contributed by atoms with Gasteiger partial charge in [-0.05, 0) is 18.2 Å². The summed E-state index contributed by atoms with van der Waals surface area (Å²) in [5, 5.41) is 3.73. The minimum Gasteiger partial charge on any atom is -0.493 e. The number of aromatic nitrogens is 1. The van der Waals surface area contributed by atoms with Crippen molar-refractivity contribution in [3.8, 4) is 22.8 Å². The summed E-state index contributed by atoms with van der Waals surface area (Å²) in [6, 6.07) is 15.3. The van der Waals surface area contributed by atoms with E-state index in [0.717, 1.165) is 5.56 Å². The molecule has 6 heteroatoms. The molecule has 0 aliphatic heterocycles. The molecule has 0 aliphatic carbocycles. The summed E-state index contributed by atoms with van der Waals surface area (Å²) < 4.78 is 15.6. The van der Waals surface area contributed by atoms with Crippen LogP contribution in [0.15, 0.2) is 59.1 Å². The van der Waals surface area contributed by atoms with Crippen LogP contribution in [0, 0.1) is 0 Å². The molecular weight excluding hydrogens is 310 g/mol. The normalized spacial score (nSPS) is 10.2. The highest BCUT2D eigenvalue weighted by Gasteiger charge is 2.18. The molecule has 0 fully saturated rings.